The second kappa shape index (κ2) is 6.40. The summed E-state index contributed by atoms with van der Waals surface area (Å²) in [6.45, 7) is 14.8. The number of nitrogens with zero attached hydrogens (tertiary/aromatic N) is 4. The van der Waals surface area contributed by atoms with Crippen LogP contribution in [0.4, 0.5) is 0 Å². The van der Waals surface area contributed by atoms with Crippen LogP contribution in [0.2, 0.25) is 18.1 Å². The maximum atomic E-state index is 10.0. The Hall–Kier alpha value is -2.28. The highest BCUT2D eigenvalue weighted by Gasteiger charge is 2.71. The number of fused-ring (bicyclic) bond motifs is 2. The van der Waals surface area contributed by atoms with Crippen molar-refractivity contribution < 1.29 is 4.43 Å². The lowest BCUT2D eigenvalue weighted by Gasteiger charge is -2.56. The van der Waals surface area contributed by atoms with Crippen LogP contribution in [-0.4, -0.2) is 8.32 Å². The van der Waals surface area contributed by atoms with Gasteiger partial charge in [-0.1, -0.05) is 34.6 Å². The van der Waals surface area contributed by atoms with E-state index in [1.807, 2.05) is 6.08 Å². The quantitative estimate of drug-likeness (QED) is 0.649. The van der Waals surface area contributed by atoms with Crippen molar-refractivity contribution in [3.8, 4) is 24.3 Å². The smallest absolute Gasteiger partial charge is 0.250 e. The van der Waals surface area contributed by atoms with Crippen LogP contribution in [0.3, 0.4) is 0 Å². The number of hydrogen-bond acceptors (Lipinski definition) is 5. The molecule has 0 heterocycles. The molecule has 1 saturated carbocycles. The normalized spacial score (nSPS) is 28.3. The first kappa shape index (κ1) is 21.0. The van der Waals surface area contributed by atoms with Gasteiger partial charge in [0, 0.05) is 11.8 Å². The number of hydrogen-bond donors (Lipinski definition) is 0. The lowest BCUT2D eigenvalue weighted by molar-refractivity contribution is -0.0106. The van der Waals surface area contributed by atoms with E-state index in [4.69, 9.17) is 4.43 Å². The van der Waals surface area contributed by atoms with Crippen LogP contribution in [0.1, 0.15) is 41.0 Å². The third-order valence-corrected chi connectivity index (χ3v) is 11.4. The van der Waals surface area contributed by atoms with Crippen molar-refractivity contribution in [2.24, 2.45) is 34.5 Å². The van der Waals surface area contributed by atoms with E-state index in [2.05, 4.69) is 72.0 Å². The van der Waals surface area contributed by atoms with Crippen LogP contribution in [-0.2, 0) is 4.43 Å². The van der Waals surface area contributed by atoms with Gasteiger partial charge in [-0.15, -0.1) is 0 Å². The molecule has 142 valence electrons. The zero-order valence-electron chi connectivity index (χ0n) is 17.3. The summed E-state index contributed by atoms with van der Waals surface area (Å²) in [6, 6.07) is 8.38. The first-order valence-electron chi connectivity index (χ1n) is 9.43. The molecule has 2 bridgehead atoms. The van der Waals surface area contributed by atoms with Gasteiger partial charge < -0.3 is 4.43 Å². The summed E-state index contributed by atoms with van der Waals surface area (Å²) in [4.78, 5) is 0. The van der Waals surface area contributed by atoms with Crippen molar-refractivity contribution in [1.29, 1.82) is 21.0 Å². The van der Waals surface area contributed by atoms with Gasteiger partial charge in [-0.2, -0.15) is 21.0 Å². The molecule has 3 rings (SSSR count). The monoisotopic (exact) mass is 380 g/mol. The highest BCUT2D eigenvalue weighted by atomic mass is 28.4. The highest BCUT2D eigenvalue weighted by Crippen LogP contribution is 2.65. The van der Waals surface area contributed by atoms with Crippen molar-refractivity contribution >= 4 is 8.32 Å². The molecule has 0 amide bonds. The van der Waals surface area contributed by atoms with Gasteiger partial charge in [0.25, 0.3) is 0 Å². The Morgan fingerprint density at radius 3 is 1.89 bits per heavy atom. The lowest BCUT2D eigenvalue weighted by Crippen LogP contribution is -2.60. The summed E-state index contributed by atoms with van der Waals surface area (Å²) >= 11 is 0. The number of rotatable bonds is 3. The summed E-state index contributed by atoms with van der Waals surface area (Å²) in [6.07, 6.45) is 2.49. The first-order chi connectivity index (χ1) is 12.4. The Morgan fingerprint density at radius 2 is 1.52 bits per heavy atom. The molecule has 0 spiro atoms. The summed E-state index contributed by atoms with van der Waals surface area (Å²) in [5.41, 5.74) is -3.38. The second-order valence-corrected chi connectivity index (χ2v) is 14.4. The van der Waals surface area contributed by atoms with Crippen LogP contribution in [0, 0.1) is 79.8 Å². The third-order valence-electron chi connectivity index (χ3n) is 7.04. The Bertz CT molecular complexity index is 795. The van der Waals surface area contributed by atoms with Gasteiger partial charge in [0.2, 0.25) is 8.32 Å². The van der Waals surface area contributed by atoms with E-state index in [9.17, 15) is 21.0 Å². The van der Waals surface area contributed by atoms with Crippen molar-refractivity contribution in [3.63, 3.8) is 0 Å². The zero-order valence-corrected chi connectivity index (χ0v) is 18.3. The molecule has 0 aliphatic heterocycles. The van der Waals surface area contributed by atoms with E-state index in [0.29, 0.717) is 12.2 Å². The van der Waals surface area contributed by atoms with E-state index >= 15 is 0 Å². The molecule has 3 aliphatic rings. The average molecular weight is 381 g/mol. The van der Waals surface area contributed by atoms with Gasteiger partial charge in [-0.05, 0) is 42.5 Å². The number of nitriles is 4. The van der Waals surface area contributed by atoms with Gasteiger partial charge in [0.1, 0.15) is 0 Å². The van der Waals surface area contributed by atoms with Crippen LogP contribution >= 0.6 is 0 Å². The minimum atomic E-state index is -2.19. The molecule has 6 heteroatoms. The minimum Gasteiger partial charge on any atom is -0.546 e. The fourth-order valence-electron chi connectivity index (χ4n) is 4.27. The van der Waals surface area contributed by atoms with Crippen LogP contribution < -0.4 is 0 Å². The Morgan fingerprint density at radius 1 is 1.04 bits per heavy atom. The lowest BCUT2D eigenvalue weighted by atomic mass is 9.42. The second-order valence-electron chi connectivity index (χ2n) is 9.72. The third kappa shape index (κ3) is 2.67. The van der Waals surface area contributed by atoms with Crippen LogP contribution in [0.15, 0.2) is 11.8 Å². The SMILES string of the molecule is CC(C)[C@H]1C[C@H]2C(O[Si](C)(C)C(C)(C)C)=C[C@H]1C(C#N)(C#N)C2(C#N)C#N. The maximum Gasteiger partial charge on any atom is 0.250 e. The summed E-state index contributed by atoms with van der Waals surface area (Å²) in [5, 5.41) is 39.9. The van der Waals surface area contributed by atoms with Crippen molar-refractivity contribution in [3.05, 3.63) is 11.8 Å². The molecular formula is C21H28N4OSi. The van der Waals surface area contributed by atoms with Gasteiger partial charge >= 0.3 is 0 Å². The van der Waals surface area contributed by atoms with Gasteiger partial charge in [-0.3, -0.25) is 0 Å². The van der Waals surface area contributed by atoms with Crippen molar-refractivity contribution in [1.82, 2.24) is 0 Å². The fourth-order valence-corrected chi connectivity index (χ4v) is 5.38. The minimum absolute atomic E-state index is 0.0362. The zero-order chi connectivity index (χ0) is 20.8. The van der Waals surface area contributed by atoms with E-state index in [1.54, 1.807) is 0 Å². The topological polar surface area (TPSA) is 104 Å². The molecule has 0 unspecified atom stereocenters. The molecule has 5 nitrogen and oxygen atoms in total. The summed E-state index contributed by atoms with van der Waals surface area (Å²) in [5.74, 6) is -0.0990. The predicted molar refractivity (Wildman–Crippen MR) is 104 cm³/mol. The molecule has 1 fully saturated rings. The van der Waals surface area contributed by atoms with Crippen LogP contribution in [0.5, 0.6) is 0 Å². The van der Waals surface area contributed by atoms with E-state index in [0.717, 1.165) is 0 Å². The van der Waals surface area contributed by atoms with Gasteiger partial charge in [-0.25, -0.2) is 0 Å². The average Bonchev–Trinajstić information content (AvgIpc) is 2.59. The largest absolute Gasteiger partial charge is 0.546 e. The molecule has 3 aliphatic carbocycles. The number of allylic oxidation sites excluding steroid dienone is 2. The highest BCUT2D eigenvalue weighted by molar-refractivity contribution is 6.74. The predicted octanol–water partition coefficient (Wildman–Crippen LogP) is 4.88. The molecular weight excluding hydrogens is 352 g/mol. The molecule has 0 N–H and O–H groups in total. The van der Waals surface area contributed by atoms with Gasteiger partial charge in [0.15, 0.2) is 10.8 Å². The molecule has 0 saturated heterocycles. The molecule has 3 atom stereocenters. The van der Waals surface area contributed by atoms with Crippen LogP contribution in [0.25, 0.3) is 0 Å². The summed E-state index contributed by atoms with van der Waals surface area (Å²) in [7, 11) is -2.19. The molecule has 0 radical (unpaired) electrons. The molecule has 0 aromatic rings. The fraction of sp³-hybridized carbons (Fsp3) is 0.714. The Labute approximate surface area is 164 Å². The van der Waals surface area contributed by atoms with E-state index in [-0.39, 0.29) is 16.9 Å². The van der Waals surface area contributed by atoms with E-state index in [1.165, 1.54) is 0 Å². The van der Waals surface area contributed by atoms with Gasteiger partial charge in [0.05, 0.1) is 30.0 Å². The van der Waals surface area contributed by atoms with E-state index < -0.39 is 31.0 Å². The standard InChI is InChI=1S/C21H28N4OSi/c1-14(2)15-8-17-18(26-27(6,7)19(3,4)5)9-16(15)20(10-22,11-23)21(17,12-24)13-25/h9,14-17H,8H2,1-7H3/t15-,16-,17+/m1/s1. The summed E-state index contributed by atoms with van der Waals surface area (Å²) < 4.78 is 6.53. The molecule has 0 aromatic carbocycles. The first-order valence-corrected chi connectivity index (χ1v) is 12.3. The maximum absolute atomic E-state index is 10.0. The molecule has 27 heavy (non-hydrogen) atoms. The van der Waals surface area contributed by atoms with Crippen molar-refractivity contribution in [2.75, 3.05) is 0 Å². The Kier molecular flexibility index (Phi) is 4.99. The van der Waals surface area contributed by atoms with Crippen molar-refractivity contribution in [2.45, 2.75) is 59.2 Å². The molecule has 0 aromatic heterocycles. The Balaban J connectivity index is 2.72.